The van der Waals surface area contributed by atoms with Gasteiger partial charge in [-0.05, 0) is 145 Å². The number of primary amides is 2. The van der Waals surface area contributed by atoms with E-state index in [0.29, 0.717) is 6.42 Å². The number of H-pyrrole nitrogens is 1. The van der Waals surface area contributed by atoms with Crippen LogP contribution in [0.4, 0.5) is 0 Å². The topological polar surface area (TPSA) is 579 Å². The zero-order valence-corrected chi connectivity index (χ0v) is 66.2. The van der Waals surface area contributed by atoms with E-state index in [4.69, 9.17) is 11.5 Å². The average Bonchev–Trinajstić information content (AvgIpc) is 1.81. The highest BCUT2D eigenvalue weighted by Gasteiger charge is 2.43. The Balaban J connectivity index is 2.11. The minimum absolute atomic E-state index is 0.0334. The molecule has 0 saturated heterocycles. The number of aliphatic hydroxyl groups excluding tert-OH is 2. The lowest BCUT2D eigenvalue weighted by Crippen LogP contribution is -2.66. The lowest BCUT2D eigenvalue weighted by Gasteiger charge is -2.34. The predicted octanol–water partition coefficient (Wildman–Crippen LogP) is -3.62. The molecule has 0 aliphatic heterocycles. The maximum absolute atomic E-state index is 13.9. The summed E-state index contributed by atoms with van der Waals surface area (Å²) in [5.74, 6) is -15.4. The van der Waals surface area contributed by atoms with Crippen molar-refractivity contribution in [3.63, 3.8) is 0 Å². The van der Waals surface area contributed by atoms with Crippen molar-refractivity contribution in [2.75, 3.05) is 13.2 Å². The van der Waals surface area contributed by atoms with Gasteiger partial charge in [0.05, 0.1) is 19.3 Å². The summed E-state index contributed by atoms with van der Waals surface area (Å²) in [5, 5.41) is 58.6. The van der Waals surface area contributed by atoms with Crippen molar-refractivity contribution in [3.8, 4) is 0 Å². The molecule has 0 radical (unpaired) electrons. The van der Waals surface area contributed by atoms with E-state index in [1.807, 2.05) is 38.1 Å². The van der Waals surface area contributed by atoms with Crippen LogP contribution < -0.4 is 91.2 Å². The zero-order chi connectivity index (χ0) is 83.8. The molecule has 0 bridgehead atoms. The Hall–Kier alpha value is -10.3. The maximum atomic E-state index is 13.9. The van der Waals surface area contributed by atoms with Crippen molar-refractivity contribution in [1.82, 2.24) is 84.7 Å². The van der Waals surface area contributed by atoms with Crippen LogP contribution in [0.25, 0.3) is 10.9 Å². The molecule has 22 N–H and O–H groups in total. The molecule has 0 saturated carbocycles. The van der Waals surface area contributed by atoms with Crippen LogP contribution in [-0.2, 0) is 87.9 Å². The van der Waals surface area contributed by atoms with Gasteiger partial charge in [-0.25, -0.2) is 0 Å². The van der Waals surface area contributed by atoms with Crippen LogP contribution in [0.5, 0.6) is 0 Å². The molecule has 0 aliphatic rings. The Morgan fingerprint density at radius 2 is 0.789 bits per heavy atom. The standard InChI is InChI=1S/C72H118N18O19/c1-35(2)29-43(33-91)80-58(100)47(26-28-52(74)95)83-65(107)70(15,16)87-60(102)48(30-36(3)4)82-55(97)39(8)77-63(105)68(11,12)88-61(103)50(34-92)84-66(108)69(13,14)86-56(98)40(9)76-57(99)46(25-27-51(73)94)81-54(96)38(7)78-64(106)71(17,18)90-67(109)72(19,20)89-62(104)53(37(5)6)85-59(101)49(79-41(10)93)31-42-32-75-45-24-22-21-23-44(42)45/h21-24,32,35-40,43,46-50,53,75,91-92H,25-31,33-34H2,1-20H3,(H2,73,94)(H2,74,95)(H,76,99)(H,77,105)(H,78,106)(H,79,93)(H,80,100)(H,81,96)(H,82,97)(H,83,107)(H,84,108)(H,85,101)(H,86,98)(H,87,102)(H,88,103)(H,89,104)(H,90,109). The number of hydrogen-bond acceptors (Lipinski definition) is 19. The summed E-state index contributed by atoms with van der Waals surface area (Å²) in [5.41, 5.74) is 3.20. The molecule has 610 valence electrons. The largest absolute Gasteiger partial charge is 0.394 e. The number of nitrogens with two attached hydrogens (primary N) is 2. The number of amides is 17. The van der Waals surface area contributed by atoms with E-state index in [-0.39, 0.29) is 37.5 Å². The van der Waals surface area contributed by atoms with Gasteiger partial charge in [0.1, 0.15) is 82.1 Å². The molecular formula is C72H118N18O19. The summed E-state index contributed by atoms with van der Waals surface area (Å²) in [6, 6.07) is -5.85. The summed E-state index contributed by atoms with van der Waals surface area (Å²) in [4.78, 5) is 231. The van der Waals surface area contributed by atoms with Crippen LogP contribution in [0.15, 0.2) is 30.5 Å². The van der Waals surface area contributed by atoms with E-state index in [1.54, 1.807) is 33.9 Å². The summed E-state index contributed by atoms with van der Waals surface area (Å²) >= 11 is 0. The normalized spacial score (nSPS) is 14.7. The number of para-hydroxylation sites is 1. The average molecular weight is 1540 g/mol. The number of nitrogens with one attached hydrogen (secondary N) is 16. The Labute approximate surface area is 635 Å². The zero-order valence-electron chi connectivity index (χ0n) is 66.2. The van der Waals surface area contributed by atoms with Crippen molar-refractivity contribution >= 4 is 111 Å². The van der Waals surface area contributed by atoms with Gasteiger partial charge in [0.2, 0.25) is 100 Å². The molecule has 1 heterocycles. The summed E-state index contributed by atoms with van der Waals surface area (Å²) in [6.45, 7) is 27.0. The molecule has 10 atom stereocenters. The lowest BCUT2D eigenvalue weighted by molar-refractivity contribution is -0.139. The van der Waals surface area contributed by atoms with Crippen LogP contribution in [0.3, 0.4) is 0 Å². The Morgan fingerprint density at radius 1 is 0.394 bits per heavy atom. The lowest BCUT2D eigenvalue weighted by atomic mass is 9.96. The molecule has 2 rings (SSSR count). The number of rotatable bonds is 44. The fourth-order valence-electron chi connectivity index (χ4n) is 10.7. The van der Waals surface area contributed by atoms with Crippen molar-refractivity contribution in [2.24, 2.45) is 29.2 Å². The number of aromatic nitrogens is 1. The first kappa shape index (κ1) is 94.7. The minimum Gasteiger partial charge on any atom is -0.394 e. The van der Waals surface area contributed by atoms with Crippen LogP contribution in [-0.4, -0.2) is 217 Å². The van der Waals surface area contributed by atoms with E-state index in [9.17, 15) is 91.7 Å². The van der Waals surface area contributed by atoms with Gasteiger partial charge < -0.3 is 106 Å². The molecule has 0 aliphatic carbocycles. The smallest absolute Gasteiger partial charge is 0.246 e. The minimum atomic E-state index is -1.92. The Morgan fingerprint density at radius 3 is 1.25 bits per heavy atom. The highest BCUT2D eigenvalue weighted by atomic mass is 16.3. The number of hydrogen-bond donors (Lipinski definition) is 20. The molecule has 1 aromatic heterocycles. The monoisotopic (exact) mass is 1540 g/mol. The molecule has 109 heavy (non-hydrogen) atoms. The number of fused-ring (bicyclic) bond motifs is 1. The third-order valence-electron chi connectivity index (χ3n) is 17.4. The highest BCUT2D eigenvalue weighted by molar-refractivity contribution is 6.03. The second kappa shape index (κ2) is 41.3. The Bertz CT molecular complexity index is 3640. The molecule has 37 heteroatoms. The van der Waals surface area contributed by atoms with Crippen LogP contribution in [0.1, 0.15) is 183 Å². The first-order valence-electron chi connectivity index (χ1n) is 36.1. The molecule has 10 unspecified atom stereocenters. The third kappa shape index (κ3) is 30.7. The molecule has 37 nitrogen and oxygen atoms in total. The molecule has 17 amide bonds. The second-order valence-electron chi connectivity index (χ2n) is 31.2. The maximum Gasteiger partial charge on any atom is 0.246 e. The van der Waals surface area contributed by atoms with Crippen molar-refractivity contribution in [3.05, 3.63) is 36.0 Å². The quantitative estimate of drug-likeness (QED) is 0.0304. The number of aliphatic hydroxyl groups is 2. The van der Waals surface area contributed by atoms with E-state index < -0.39 is 221 Å². The van der Waals surface area contributed by atoms with Gasteiger partial charge >= 0.3 is 0 Å². The van der Waals surface area contributed by atoms with Gasteiger partial charge in [-0.15, -0.1) is 0 Å². The van der Waals surface area contributed by atoms with E-state index in [1.165, 1.54) is 96.9 Å². The second-order valence-corrected chi connectivity index (χ2v) is 31.2. The van der Waals surface area contributed by atoms with Crippen LogP contribution in [0.2, 0.25) is 0 Å². The molecule has 2 aromatic rings. The third-order valence-corrected chi connectivity index (χ3v) is 17.4. The Kier molecular flexibility index (Phi) is 35.9. The molecule has 1 aromatic carbocycles. The van der Waals surface area contributed by atoms with E-state index in [2.05, 4.69) is 84.7 Å². The van der Waals surface area contributed by atoms with Gasteiger partial charge in [0.15, 0.2) is 0 Å². The first-order chi connectivity index (χ1) is 50.1. The van der Waals surface area contributed by atoms with Gasteiger partial charge in [0.25, 0.3) is 0 Å². The van der Waals surface area contributed by atoms with Crippen LogP contribution in [0, 0.1) is 17.8 Å². The van der Waals surface area contributed by atoms with Gasteiger partial charge in [0, 0.05) is 43.3 Å². The summed E-state index contributed by atoms with van der Waals surface area (Å²) in [7, 11) is 0. The summed E-state index contributed by atoms with van der Waals surface area (Å²) in [6.07, 6.45) is 0.873. The van der Waals surface area contributed by atoms with Gasteiger partial charge in [-0.3, -0.25) is 81.5 Å². The molecule has 0 spiro atoms. The SMILES string of the molecule is CC(=O)NC(Cc1c[nH]c2ccccc12)C(=O)NC(C(=O)NC(C)(C)C(=O)NC(C)(C)C(=O)NC(C)C(=O)NC(CCC(N)=O)C(=O)NC(C)C(=O)NC(C)(C)C(=O)NC(CO)C(=O)NC(C)(C)C(=O)NC(C)C(=O)NC(CC(C)C)C(=O)NC(C)(C)C(=O)NC(CCC(N)=O)C(=O)NC(CO)CC(C)C)C(C)C. The number of aromatic amines is 1. The number of carbonyl (C=O) groups is 17. The fourth-order valence-corrected chi connectivity index (χ4v) is 10.7. The fraction of sp³-hybridized carbons (Fsp3) is 0.653. The van der Waals surface area contributed by atoms with Crippen LogP contribution >= 0.6 is 0 Å². The van der Waals surface area contributed by atoms with Crippen molar-refractivity contribution < 1.29 is 91.7 Å². The predicted molar refractivity (Wildman–Crippen MR) is 400 cm³/mol. The molecule has 0 fully saturated rings. The van der Waals surface area contributed by atoms with Gasteiger partial charge in [-0.1, -0.05) is 59.7 Å². The summed E-state index contributed by atoms with van der Waals surface area (Å²) < 4.78 is 0. The van der Waals surface area contributed by atoms with E-state index >= 15 is 0 Å². The van der Waals surface area contributed by atoms with Crippen molar-refractivity contribution in [2.45, 2.75) is 272 Å². The van der Waals surface area contributed by atoms with E-state index in [0.717, 1.165) is 16.5 Å². The first-order valence-corrected chi connectivity index (χ1v) is 36.1. The molecular weight excluding hydrogens is 1420 g/mol. The number of benzene rings is 1. The van der Waals surface area contributed by atoms with Gasteiger partial charge in [-0.2, -0.15) is 0 Å². The van der Waals surface area contributed by atoms with Crippen molar-refractivity contribution in [1.29, 1.82) is 0 Å². The number of carbonyl (C=O) groups excluding carboxylic acids is 17. The highest BCUT2D eigenvalue weighted by Crippen LogP contribution is 2.21.